The van der Waals surface area contributed by atoms with Crippen molar-refractivity contribution in [1.82, 2.24) is 0 Å². The van der Waals surface area contributed by atoms with Gasteiger partial charge in [-0.2, -0.15) is 0 Å². The quantitative estimate of drug-likeness (QED) is 0.926. The van der Waals surface area contributed by atoms with Gasteiger partial charge >= 0.3 is 0 Å². The smallest absolute Gasteiger partial charge is 0.143 e. The summed E-state index contributed by atoms with van der Waals surface area (Å²) < 4.78 is 11.8. The Bertz CT molecular complexity index is 389. The Labute approximate surface area is 111 Å². The molecular weight excluding hydrogens is 282 g/mol. The lowest BCUT2D eigenvalue weighted by Gasteiger charge is -2.16. The van der Waals surface area contributed by atoms with Gasteiger partial charge in [0.05, 0.1) is 19.4 Å². The van der Waals surface area contributed by atoms with Crippen molar-refractivity contribution in [3.63, 3.8) is 0 Å². The average molecular weight is 300 g/mol. The van der Waals surface area contributed by atoms with Crippen LogP contribution in [-0.2, 0) is 4.74 Å². The number of ether oxygens (including phenoxy) is 2. The maximum absolute atomic E-state index is 5.40. The molecule has 17 heavy (non-hydrogen) atoms. The Hall–Kier alpha value is -0.740. The minimum absolute atomic E-state index is 0.614. The van der Waals surface area contributed by atoms with Crippen molar-refractivity contribution in [1.29, 1.82) is 0 Å². The second kappa shape index (κ2) is 5.74. The fraction of sp³-hybridized carbons (Fsp3) is 0.538. The molecule has 1 fully saturated rings. The third kappa shape index (κ3) is 3.13. The van der Waals surface area contributed by atoms with Crippen LogP contribution in [0.15, 0.2) is 16.6 Å². The highest BCUT2D eigenvalue weighted by Crippen LogP contribution is 2.32. The van der Waals surface area contributed by atoms with Crippen LogP contribution >= 0.6 is 15.9 Å². The largest absolute Gasteiger partial charge is 0.495 e. The topological polar surface area (TPSA) is 30.5 Å². The SMILES string of the molecule is COc1cc(Br)cc(C)c1NCC1CCOC1. The normalized spacial score (nSPS) is 19.4. The third-order valence-corrected chi connectivity index (χ3v) is 3.53. The molecule has 0 aliphatic carbocycles. The second-order valence-electron chi connectivity index (χ2n) is 4.41. The lowest BCUT2D eigenvalue weighted by atomic mass is 10.1. The molecule has 4 heteroatoms. The van der Waals surface area contributed by atoms with E-state index in [-0.39, 0.29) is 0 Å². The Balaban J connectivity index is 2.08. The van der Waals surface area contributed by atoms with E-state index >= 15 is 0 Å². The molecule has 1 aliphatic rings. The summed E-state index contributed by atoms with van der Waals surface area (Å²) in [6.45, 7) is 4.79. The van der Waals surface area contributed by atoms with E-state index < -0.39 is 0 Å². The molecule has 0 aromatic heterocycles. The van der Waals surface area contributed by atoms with Crippen molar-refractivity contribution in [3.8, 4) is 5.75 Å². The van der Waals surface area contributed by atoms with E-state index in [4.69, 9.17) is 9.47 Å². The Morgan fingerprint density at radius 3 is 3.00 bits per heavy atom. The van der Waals surface area contributed by atoms with Gasteiger partial charge in [0.1, 0.15) is 5.75 Å². The molecule has 1 atom stereocenters. The summed E-state index contributed by atoms with van der Waals surface area (Å²) in [7, 11) is 1.70. The molecule has 0 bridgehead atoms. The number of rotatable bonds is 4. The van der Waals surface area contributed by atoms with Crippen LogP contribution in [0, 0.1) is 12.8 Å². The molecule has 3 nitrogen and oxygen atoms in total. The van der Waals surface area contributed by atoms with Crippen LogP contribution in [0.2, 0.25) is 0 Å². The van der Waals surface area contributed by atoms with E-state index in [2.05, 4.69) is 34.2 Å². The first-order chi connectivity index (χ1) is 8.20. The van der Waals surface area contributed by atoms with Gasteiger partial charge in [0.2, 0.25) is 0 Å². The maximum atomic E-state index is 5.40. The molecule has 0 radical (unpaired) electrons. The van der Waals surface area contributed by atoms with Crippen LogP contribution < -0.4 is 10.1 Å². The molecule has 1 heterocycles. The highest BCUT2D eigenvalue weighted by atomic mass is 79.9. The van der Waals surface area contributed by atoms with Crippen molar-refractivity contribution in [2.75, 3.05) is 32.2 Å². The summed E-state index contributed by atoms with van der Waals surface area (Å²) in [5, 5.41) is 3.48. The van der Waals surface area contributed by atoms with Crippen LogP contribution in [0.3, 0.4) is 0 Å². The van der Waals surface area contributed by atoms with Gasteiger partial charge in [-0.15, -0.1) is 0 Å². The zero-order chi connectivity index (χ0) is 12.3. The van der Waals surface area contributed by atoms with E-state index in [1.54, 1.807) is 7.11 Å². The number of hydrogen-bond acceptors (Lipinski definition) is 3. The van der Waals surface area contributed by atoms with Gasteiger partial charge in [-0.1, -0.05) is 15.9 Å². The molecule has 0 saturated carbocycles. The molecule has 1 unspecified atom stereocenters. The number of methoxy groups -OCH3 is 1. The van der Waals surface area contributed by atoms with E-state index in [9.17, 15) is 0 Å². The highest BCUT2D eigenvalue weighted by molar-refractivity contribution is 9.10. The number of benzene rings is 1. The van der Waals surface area contributed by atoms with Crippen molar-refractivity contribution >= 4 is 21.6 Å². The summed E-state index contributed by atoms with van der Waals surface area (Å²) in [4.78, 5) is 0. The fourth-order valence-corrected chi connectivity index (χ4v) is 2.64. The molecule has 1 saturated heterocycles. The summed E-state index contributed by atoms with van der Waals surface area (Å²) in [6, 6.07) is 4.08. The Morgan fingerprint density at radius 1 is 1.53 bits per heavy atom. The van der Waals surface area contributed by atoms with Gasteiger partial charge < -0.3 is 14.8 Å². The van der Waals surface area contributed by atoms with E-state index in [0.29, 0.717) is 5.92 Å². The van der Waals surface area contributed by atoms with Gasteiger partial charge in [-0.3, -0.25) is 0 Å². The Kier molecular flexibility index (Phi) is 4.29. The number of aryl methyl sites for hydroxylation is 1. The van der Waals surface area contributed by atoms with Crippen LogP contribution in [0.5, 0.6) is 5.75 Å². The third-order valence-electron chi connectivity index (χ3n) is 3.08. The first-order valence-electron chi connectivity index (χ1n) is 5.86. The van der Waals surface area contributed by atoms with Crippen LogP contribution in [0.25, 0.3) is 0 Å². The van der Waals surface area contributed by atoms with Gasteiger partial charge in [-0.25, -0.2) is 0 Å². The van der Waals surface area contributed by atoms with Crippen molar-refractivity contribution in [2.24, 2.45) is 5.92 Å². The summed E-state index contributed by atoms with van der Waals surface area (Å²) in [5.74, 6) is 1.50. The lowest BCUT2D eigenvalue weighted by Crippen LogP contribution is -2.15. The van der Waals surface area contributed by atoms with Gasteiger partial charge in [-0.05, 0) is 31.0 Å². The van der Waals surface area contributed by atoms with Crippen LogP contribution in [0.1, 0.15) is 12.0 Å². The number of anilines is 1. The number of nitrogens with one attached hydrogen (secondary N) is 1. The van der Waals surface area contributed by atoms with E-state index in [0.717, 1.165) is 42.1 Å². The van der Waals surface area contributed by atoms with Crippen LogP contribution in [0.4, 0.5) is 5.69 Å². The second-order valence-corrected chi connectivity index (χ2v) is 5.33. The zero-order valence-electron chi connectivity index (χ0n) is 10.3. The zero-order valence-corrected chi connectivity index (χ0v) is 11.8. The first-order valence-corrected chi connectivity index (χ1v) is 6.65. The van der Waals surface area contributed by atoms with E-state index in [1.807, 2.05) is 6.07 Å². The molecule has 1 aliphatic heterocycles. The predicted octanol–water partition coefficient (Wildman–Crippen LogP) is 3.21. The molecular formula is C13H18BrNO2. The van der Waals surface area contributed by atoms with Gasteiger partial charge in [0.15, 0.2) is 0 Å². The van der Waals surface area contributed by atoms with Crippen molar-refractivity contribution in [2.45, 2.75) is 13.3 Å². The molecule has 0 amide bonds. The molecule has 1 aromatic rings. The molecule has 2 rings (SSSR count). The highest BCUT2D eigenvalue weighted by Gasteiger charge is 2.16. The minimum atomic E-state index is 0.614. The summed E-state index contributed by atoms with van der Waals surface area (Å²) in [5.41, 5.74) is 2.28. The lowest BCUT2D eigenvalue weighted by molar-refractivity contribution is 0.187. The van der Waals surface area contributed by atoms with Crippen molar-refractivity contribution < 1.29 is 9.47 Å². The van der Waals surface area contributed by atoms with Gasteiger partial charge in [0, 0.05) is 23.5 Å². The molecule has 1 N–H and O–H groups in total. The molecule has 1 aromatic carbocycles. The fourth-order valence-electron chi connectivity index (χ4n) is 2.09. The predicted molar refractivity (Wildman–Crippen MR) is 72.8 cm³/mol. The first kappa shape index (κ1) is 12.7. The van der Waals surface area contributed by atoms with Crippen LogP contribution in [-0.4, -0.2) is 26.9 Å². The number of hydrogen-bond donors (Lipinski definition) is 1. The summed E-state index contributed by atoms with van der Waals surface area (Å²) >= 11 is 3.48. The molecule has 0 spiro atoms. The van der Waals surface area contributed by atoms with Crippen molar-refractivity contribution in [3.05, 3.63) is 22.2 Å². The monoisotopic (exact) mass is 299 g/mol. The number of halogens is 1. The van der Waals surface area contributed by atoms with E-state index in [1.165, 1.54) is 5.56 Å². The molecule has 94 valence electrons. The average Bonchev–Trinajstić information content (AvgIpc) is 2.79. The van der Waals surface area contributed by atoms with Gasteiger partial charge in [0.25, 0.3) is 0 Å². The Morgan fingerprint density at radius 2 is 2.35 bits per heavy atom. The maximum Gasteiger partial charge on any atom is 0.143 e. The summed E-state index contributed by atoms with van der Waals surface area (Å²) in [6.07, 6.45) is 1.14. The minimum Gasteiger partial charge on any atom is -0.495 e. The standard InChI is InChI=1S/C13H18BrNO2/c1-9-5-11(14)6-12(16-2)13(9)15-7-10-3-4-17-8-10/h5-6,10,15H,3-4,7-8H2,1-2H3.